The Balaban J connectivity index is 2.06. The van der Waals surface area contributed by atoms with Crippen LogP contribution in [0.25, 0.3) is 0 Å². The molecule has 0 aliphatic heterocycles. The maximum absolute atomic E-state index is 12.2. The van der Waals surface area contributed by atoms with Crippen LogP contribution < -0.4 is 10.6 Å². The highest BCUT2D eigenvalue weighted by Crippen LogP contribution is 2.04. The van der Waals surface area contributed by atoms with Crippen molar-refractivity contribution in [3.8, 4) is 0 Å². The molecule has 0 bridgehead atoms. The smallest absolute Gasteiger partial charge is 0.326 e. The number of hydrogen-bond acceptors (Lipinski definition) is 5. The van der Waals surface area contributed by atoms with E-state index in [2.05, 4.69) is 94.4 Å². The quantitative estimate of drug-likeness (QED) is 0.104. The molecule has 0 aromatic carbocycles. The normalized spacial score (nSPS) is 12.9. The van der Waals surface area contributed by atoms with E-state index in [0.29, 0.717) is 37.9 Å². The Labute approximate surface area is 251 Å². The van der Waals surface area contributed by atoms with Crippen molar-refractivity contribution in [2.24, 2.45) is 0 Å². The first kappa shape index (κ1) is 36.0. The fourth-order valence-electron chi connectivity index (χ4n) is 3.64. The van der Waals surface area contributed by atoms with Gasteiger partial charge in [0.2, 0.25) is 5.91 Å². The van der Waals surface area contributed by atoms with E-state index in [-0.39, 0.29) is 18.0 Å². The van der Waals surface area contributed by atoms with Crippen LogP contribution in [0, 0.1) is 6.92 Å². The minimum Gasteiger partial charge on any atom is -0.480 e. The highest BCUT2D eigenvalue weighted by molar-refractivity contribution is 5.94. The maximum Gasteiger partial charge on any atom is 0.326 e. The minimum atomic E-state index is -1.11. The molecule has 0 radical (unpaired) electrons. The van der Waals surface area contributed by atoms with Gasteiger partial charge in [0.25, 0.3) is 5.91 Å². The molecular formula is C34H48N4O4. The number of nitrogens with one attached hydrogen (secondary N) is 2. The second-order valence-electron chi connectivity index (χ2n) is 9.71. The highest BCUT2D eigenvalue weighted by Gasteiger charge is 2.21. The third-order valence-corrected chi connectivity index (χ3v) is 5.99. The predicted octanol–water partition coefficient (Wildman–Crippen LogP) is 6.73. The third kappa shape index (κ3) is 19.9. The first-order valence-electron chi connectivity index (χ1n) is 14.9. The Morgan fingerprint density at radius 2 is 1.33 bits per heavy atom. The van der Waals surface area contributed by atoms with Crippen molar-refractivity contribution >= 4 is 17.8 Å². The molecule has 1 rings (SSSR count). The zero-order valence-corrected chi connectivity index (χ0v) is 25.2. The van der Waals surface area contributed by atoms with Crippen LogP contribution in [0.2, 0.25) is 0 Å². The molecule has 0 spiro atoms. The number of carboxylic acids is 1. The summed E-state index contributed by atoms with van der Waals surface area (Å²) < 4.78 is 0. The largest absolute Gasteiger partial charge is 0.480 e. The van der Waals surface area contributed by atoms with Gasteiger partial charge in [-0.15, -0.1) is 0 Å². The number of carbonyl (C=O) groups excluding carboxylic acids is 2. The molecule has 1 heterocycles. The molecule has 1 aromatic rings. The number of aliphatic carboxylic acids is 1. The number of allylic oxidation sites excluding steroid dienone is 12. The van der Waals surface area contributed by atoms with Crippen molar-refractivity contribution < 1.29 is 19.5 Å². The molecule has 0 aliphatic rings. The first-order valence-corrected chi connectivity index (χ1v) is 14.9. The van der Waals surface area contributed by atoms with Gasteiger partial charge in [-0.25, -0.2) is 9.78 Å². The van der Waals surface area contributed by atoms with Crippen LogP contribution in [0.3, 0.4) is 0 Å². The van der Waals surface area contributed by atoms with Crippen LogP contribution in [-0.4, -0.2) is 45.4 Å². The molecule has 0 aliphatic carbocycles. The average molecular weight is 577 g/mol. The number of amides is 2. The Hall–Kier alpha value is -4.07. The van der Waals surface area contributed by atoms with Gasteiger partial charge in [-0.05, 0) is 71.1 Å². The van der Waals surface area contributed by atoms with Gasteiger partial charge in [0.15, 0.2) is 0 Å². The SMILES string of the molecule is CCC=CCC=CCC=CCC=CCC=CCC=CCCC(=O)NCCCCC(NC(=O)c1cnc(C)cn1)C(=O)O. The lowest BCUT2D eigenvalue weighted by Gasteiger charge is -2.14. The van der Waals surface area contributed by atoms with Gasteiger partial charge in [0.05, 0.1) is 11.9 Å². The summed E-state index contributed by atoms with van der Waals surface area (Å²) in [4.78, 5) is 43.7. The van der Waals surface area contributed by atoms with Crippen molar-refractivity contribution in [2.75, 3.05) is 6.54 Å². The van der Waals surface area contributed by atoms with Crippen LogP contribution in [0.1, 0.15) is 93.7 Å². The second-order valence-corrected chi connectivity index (χ2v) is 9.71. The van der Waals surface area contributed by atoms with Crippen LogP contribution in [0.15, 0.2) is 85.3 Å². The fraction of sp³-hybridized carbons (Fsp3) is 0.441. The van der Waals surface area contributed by atoms with Crippen LogP contribution in [0.4, 0.5) is 0 Å². The molecule has 0 saturated carbocycles. The molecule has 8 heteroatoms. The van der Waals surface area contributed by atoms with E-state index in [0.717, 1.165) is 38.5 Å². The number of aromatic nitrogens is 2. The number of unbranched alkanes of at least 4 members (excludes halogenated alkanes) is 1. The van der Waals surface area contributed by atoms with Crippen molar-refractivity contribution in [1.82, 2.24) is 20.6 Å². The highest BCUT2D eigenvalue weighted by atomic mass is 16.4. The van der Waals surface area contributed by atoms with Crippen molar-refractivity contribution in [3.05, 3.63) is 96.7 Å². The monoisotopic (exact) mass is 576 g/mol. The molecule has 1 aromatic heterocycles. The van der Waals surface area contributed by atoms with E-state index in [1.54, 1.807) is 6.92 Å². The lowest BCUT2D eigenvalue weighted by Crippen LogP contribution is -2.41. The van der Waals surface area contributed by atoms with E-state index >= 15 is 0 Å². The number of hydrogen-bond donors (Lipinski definition) is 3. The molecule has 0 saturated heterocycles. The first-order chi connectivity index (χ1) is 20.4. The summed E-state index contributed by atoms with van der Waals surface area (Å²) in [6.45, 7) is 4.36. The number of aryl methyl sites for hydroxylation is 1. The molecule has 1 unspecified atom stereocenters. The lowest BCUT2D eigenvalue weighted by molar-refractivity contribution is -0.139. The number of carboxylic acid groups (broad SMARTS) is 1. The summed E-state index contributed by atoms with van der Waals surface area (Å²) in [5, 5.41) is 14.7. The van der Waals surface area contributed by atoms with Crippen molar-refractivity contribution in [2.45, 2.75) is 90.5 Å². The topological polar surface area (TPSA) is 121 Å². The van der Waals surface area contributed by atoms with Crippen molar-refractivity contribution in [1.29, 1.82) is 0 Å². The van der Waals surface area contributed by atoms with Crippen LogP contribution in [-0.2, 0) is 9.59 Å². The van der Waals surface area contributed by atoms with Gasteiger partial charge in [-0.3, -0.25) is 14.6 Å². The molecule has 3 N–H and O–H groups in total. The zero-order chi connectivity index (χ0) is 30.7. The average Bonchev–Trinajstić information content (AvgIpc) is 2.97. The molecule has 42 heavy (non-hydrogen) atoms. The van der Waals surface area contributed by atoms with Crippen LogP contribution in [0.5, 0.6) is 0 Å². The zero-order valence-electron chi connectivity index (χ0n) is 25.2. The molecule has 1 atom stereocenters. The van der Waals surface area contributed by atoms with Gasteiger partial charge < -0.3 is 15.7 Å². The molecular weight excluding hydrogens is 528 g/mol. The van der Waals surface area contributed by atoms with Crippen LogP contribution >= 0.6 is 0 Å². The third-order valence-electron chi connectivity index (χ3n) is 5.99. The Morgan fingerprint density at radius 1 is 0.786 bits per heavy atom. The lowest BCUT2D eigenvalue weighted by atomic mass is 10.1. The standard InChI is InChI=1S/C34H48N4O4/c1-3-4-5-6-7-8-9-10-11-12-13-14-15-16-17-18-19-20-21-25-32(39)35-26-23-22-24-30(34(41)42)38-33(40)31-28-36-29(2)27-37-31/h4-5,7-8,10-11,13-14,16-17,19-20,27-28,30H,3,6,9,12,15,18,21-26H2,1-2H3,(H,35,39)(H,38,40)(H,41,42). The summed E-state index contributed by atoms with van der Waals surface area (Å²) in [5.74, 6) is -1.71. The maximum atomic E-state index is 12.2. The second kappa shape index (κ2) is 24.7. The summed E-state index contributed by atoms with van der Waals surface area (Å²) in [5.41, 5.74) is 0.742. The van der Waals surface area contributed by atoms with Gasteiger partial charge >= 0.3 is 5.97 Å². The Morgan fingerprint density at radius 3 is 1.83 bits per heavy atom. The fourth-order valence-corrected chi connectivity index (χ4v) is 3.64. The van der Waals surface area contributed by atoms with Gasteiger partial charge in [0.1, 0.15) is 11.7 Å². The Bertz CT molecular complexity index is 1090. The minimum absolute atomic E-state index is 0.0319. The number of nitrogens with zero attached hydrogens (tertiary/aromatic N) is 2. The van der Waals surface area contributed by atoms with E-state index in [9.17, 15) is 19.5 Å². The molecule has 2 amide bonds. The van der Waals surface area contributed by atoms with Gasteiger partial charge in [0, 0.05) is 19.2 Å². The summed E-state index contributed by atoms with van der Waals surface area (Å²) in [6, 6.07) is -1.02. The molecule has 8 nitrogen and oxygen atoms in total. The molecule has 0 fully saturated rings. The summed E-state index contributed by atoms with van der Waals surface area (Å²) in [6.07, 6.45) is 36.9. The van der Waals surface area contributed by atoms with E-state index in [1.807, 2.05) is 6.08 Å². The van der Waals surface area contributed by atoms with E-state index < -0.39 is 17.9 Å². The Kier molecular flexibility index (Phi) is 21.1. The van der Waals surface area contributed by atoms with Crippen molar-refractivity contribution in [3.63, 3.8) is 0 Å². The molecule has 228 valence electrons. The van der Waals surface area contributed by atoms with E-state index in [4.69, 9.17) is 0 Å². The number of rotatable bonds is 22. The van der Waals surface area contributed by atoms with Gasteiger partial charge in [-0.1, -0.05) is 79.8 Å². The van der Waals surface area contributed by atoms with E-state index in [1.165, 1.54) is 12.4 Å². The van der Waals surface area contributed by atoms with Gasteiger partial charge in [-0.2, -0.15) is 0 Å². The summed E-state index contributed by atoms with van der Waals surface area (Å²) >= 11 is 0. The summed E-state index contributed by atoms with van der Waals surface area (Å²) in [7, 11) is 0. The number of carbonyl (C=O) groups is 3. The predicted molar refractivity (Wildman–Crippen MR) is 170 cm³/mol.